The van der Waals surface area contributed by atoms with Crippen LogP contribution in [-0.4, -0.2) is 12.8 Å². The lowest BCUT2D eigenvalue weighted by Crippen LogP contribution is -2.06. The van der Waals surface area contributed by atoms with Crippen molar-refractivity contribution in [2.45, 2.75) is 19.6 Å². The van der Waals surface area contributed by atoms with Gasteiger partial charge in [0.1, 0.15) is 0 Å². The number of nitrogens with zero attached hydrogens (tertiary/aromatic N) is 1. The highest BCUT2D eigenvalue weighted by Crippen LogP contribution is 1.97. The second-order valence-corrected chi connectivity index (χ2v) is 1.59. The molecule has 0 aromatic heterocycles. The third-order valence-corrected chi connectivity index (χ3v) is 0.873. The zero-order chi connectivity index (χ0) is 7.11. The van der Waals surface area contributed by atoms with Crippen molar-refractivity contribution >= 4 is 0 Å². The van der Waals surface area contributed by atoms with E-state index in [0.717, 1.165) is 0 Å². The summed E-state index contributed by atoms with van der Waals surface area (Å²) < 4.78 is 4.89. The lowest BCUT2D eigenvalue weighted by atomic mass is 10.4. The Hall–Kier alpha value is -0.700. The standard InChI is InChI=1S/C6H11NO2/c1-3-5-9-6(4-2)7-8/h3,6H,1,4-5H2,2H3. The quantitative estimate of drug-likeness (QED) is 0.418. The highest BCUT2D eigenvalue weighted by Gasteiger charge is 2.01. The van der Waals surface area contributed by atoms with E-state index >= 15 is 0 Å². The number of rotatable bonds is 5. The summed E-state index contributed by atoms with van der Waals surface area (Å²) >= 11 is 0. The van der Waals surface area contributed by atoms with E-state index in [4.69, 9.17) is 4.74 Å². The molecule has 0 amide bonds. The molecule has 0 fully saturated rings. The van der Waals surface area contributed by atoms with E-state index < -0.39 is 6.23 Å². The fourth-order valence-corrected chi connectivity index (χ4v) is 0.402. The molecule has 1 unspecified atom stereocenters. The number of hydrogen-bond donors (Lipinski definition) is 0. The summed E-state index contributed by atoms with van der Waals surface area (Å²) in [5, 5.41) is 2.72. The zero-order valence-corrected chi connectivity index (χ0v) is 5.54. The van der Waals surface area contributed by atoms with Crippen LogP contribution in [0.5, 0.6) is 0 Å². The molecule has 0 aliphatic heterocycles. The van der Waals surface area contributed by atoms with Crippen LogP contribution in [0.3, 0.4) is 0 Å². The van der Waals surface area contributed by atoms with Crippen LogP contribution in [0, 0.1) is 4.91 Å². The Morgan fingerprint density at radius 1 is 1.89 bits per heavy atom. The molecule has 0 heterocycles. The highest BCUT2D eigenvalue weighted by atomic mass is 16.5. The predicted octanol–water partition coefficient (Wildman–Crippen LogP) is 1.69. The first-order valence-electron chi connectivity index (χ1n) is 2.90. The van der Waals surface area contributed by atoms with Crippen molar-refractivity contribution in [3.8, 4) is 0 Å². The lowest BCUT2D eigenvalue weighted by Gasteiger charge is -2.03. The van der Waals surface area contributed by atoms with E-state index in [2.05, 4.69) is 11.8 Å². The largest absolute Gasteiger partial charge is 0.349 e. The fourth-order valence-electron chi connectivity index (χ4n) is 0.402. The molecular weight excluding hydrogens is 118 g/mol. The SMILES string of the molecule is C=CCOC(CC)N=O. The summed E-state index contributed by atoms with van der Waals surface area (Å²) in [5.41, 5.74) is 0. The molecule has 3 nitrogen and oxygen atoms in total. The summed E-state index contributed by atoms with van der Waals surface area (Å²) in [6, 6.07) is 0. The Kier molecular flexibility index (Phi) is 5.01. The van der Waals surface area contributed by atoms with Crippen LogP contribution < -0.4 is 0 Å². The Morgan fingerprint density at radius 3 is 2.89 bits per heavy atom. The topological polar surface area (TPSA) is 38.7 Å². The number of hydrogen-bond acceptors (Lipinski definition) is 3. The molecular formula is C6H11NO2. The molecule has 0 rings (SSSR count). The molecule has 0 spiro atoms. The molecule has 52 valence electrons. The van der Waals surface area contributed by atoms with E-state index in [1.165, 1.54) is 0 Å². The van der Waals surface area contributed by atoms with Gasteiger partial charge < -0.3 is 4.74 Å². The van der Waals surface area contributed by atoms with E-state index in [1.807, 2.05) is 6.92 Å². The van der Waals surface area contributed by atoms with Gasteiger partial charge >= 0.3 is 0 Å². The van der Waals surface area contributed by atoms with Crippen molar-refractivity contribution in [2.24, 2.45) is 5.18 Å². The summed E-state index contributed by atoms with van der Waals surface area (Å²) in [6.07, 6.45) is 1.72. The zero-order valence-electron chi connectivity index (χ0n) is 5.54. The third kappa shape index (κ3) is 3.85. The minimum Gasteiger partial charge on any atom is -0.349 e. The highest BCUT2D eigenvalue weighted by molar-refractivity contribution is 4.65. The maximum atomic E-state index is 9.83. The number of nitroso groups, excluding NO2 is 1. The molecule has 0 aromatic rings. The normalized spacial score (nSPS) is 12.6. The first kappa shape index (κ1) is 8.30. The van der Waals surface area contributed by atoms with Gasteiger partial charge in [0, 0.05) is 0 Å². The van der Waals surface area contributed by atoms with E-state index in [0.29, 0.717) is 13.0 Å². The van der Waals surface area contributed by atoms with E-state index in [-0.39, 0.29) is 0 Å². The van der Waals surface area contributed by atoms with Crippen LogP contribution in [0.4, 0.5) is 0 Å². The monoisotopic (exact) mass is 129 g/mol. The van der Waals surface area contributed by atoms with Crippen molar-refractivity contribution in [1.82, 2.24) is 0 Å². The number of ether oxygens (including phenoxy) is 1. The van der Waals surface area contributed by atoms with Crippen LogP contribution >= 0.6 is 0 Å². The van der Waals surface area contributed by atoms with Crippen molar-refractivity contribution in [3.05, 3.63) is 17.6 Å². The molecule has 0 bridgehead atoms. The van der Waals surface area contributed by atoms with Gasteiger partial charge in [0.2, 0.25) is 0 Å². The molecule has 9 heavy (non-hydrogen) atoms. The Bertz CT molecular complexity index is 93.1. The molecule has 0 N–H and O–H groups in total. The summed E-state index contributed by atoms with van der Waals surface area (Å²) in [6.45, 7) is 5.67. The van der Waals surface area contributed by atoms with Crippen molar-refractivity contribution in [2.75, 3.05) is 6.61 Å². The molecule has 0 saturated heterocycles. The van der Waals surface area contributed by atoms with Crippen LogP contribution in [0.25, 0.3) is 0 Å². The van der Waals surface area contributed by atoms with Gasteiger partial charge in [-0.2, -0.15) is 0 Å². The lowest BCUT2D eigenvalue weighted by molar-refractivity contribution is 0.0773. The predicted molar refractivity (Wildman–Crippen MR) is 36.0 cm³/mol. The Balaban J connectivity index is 3.30. The molecule has 0 aliphatic carbocycles. The van der Waals surface area contributed by atoms with Gasteiger partial charge in [-0.05, 0) is 11.6 Å². The van der Waals surface area contributed by atoms with Crippen LogP contribution in [0.15, 0.2) is 17.8 Å². The molecule has 1 atom stereocenters. The summed E-state index contributed by atoms with van der Waals surface area (Å²) in [4.78, 5) is 9.83. The molecule has 3 heteroatoms. The average Bonchev–Trinajstić information content (AvgIpc) is 1.91. The Labute approximate surface area is 54.7 Å². The average molecular weight is 129 g/mol. The minimum atomic E-state index is -0.497. The van der Waals surface area contributed by atoms with Gasteiger partial charge in [0.05, 0.1) is 6.61 Å². The van der Waals surface area contributed by atoms with Gasteiger partial charge in [0.15, 0.2) is 6.23 Å². The molecule has 0 radical (unpaired) electrons. The smallest absolute Gasteiger partial charge is 0.189 e. The van der Waals surface area contributed by atoms with Crippen LogP contribution in [0.1, 0.15) is 13.3 Å². The second-order valence-electron chi connectivity index (χ2n) is 1.59. The maximum Gasteiger partial charge on any atom is 0.189 e. The fraction of sp³-hybridized carbons (Fsp3) is 0.667. The van der Waals surface area contributed by atoms with Crippen molar-refractivity contribution in [3.63, 3.8) is 0 Å². The summed E-state index contributed by atoms with van der Waals surface area (Å²) in [7, 11) is 0. The van der Waals surface area contributed by atoms with E-state index in [9.17, 15) is 4.91 Å². The van der Waals surface area contributed by atoms with Gasteiger partial charge in [-0.15, -0.1) is 11.5 Å². The summed E-state index contributed by atoms with van der Waals surface area (Å²) in [5.74, 6) is 0. The van der Waals surface area contributed by atoms with Crippen molar-refractivity contribution in [1.29, 1.82) is 0 Å². The van der Waals surface area contributed by atoms with Gasteiger partial charge in [0.25, 0.3) is 0 Å². The van der Waals surface area contributed by atoms with Crippen LogP contribution in [-0.2, 0) is 4.74 Å². The van der Waals surface area contributed by atoms with Gasteiger partial charge in [-0.1, -0.05) is 13.0 Å². The first-order chi connectivity index (χ1) is 4.35. The van der Waals surface area contributed by atoms with Crippen LogP contribution in [0.2, 0.25) is 0 Å². The van der Waals surface area contributed by atoms with E-state index in [1.54, 1.807) is 6.08 Å². The molecule has 0 saturated carbocycles. The second kappa shape index (κ2) is 5.44. The molecule has 0 aliphatic rings. The minimum absolute atomic E-state index is 0.393. The third-order valence-electron chi connectivity index (χ3n) is 0.873. The Morgan fingerprint density at radius 2 is 2.56 bits per heavy atom. The van der Waals surface area contributed by atoms with Gasteiger partial charge in [-0.3, -0.25) is 0 Å². The first-order valence-corrected chi connectivity index (χ1v) is 2.90. The molecule has 0 aromatic carbocycles. The van der Waals surface area contributed by atoms with Gasteiger partial charge in [-0.25, -0.2) is 0 Å². The maximum absolute atomic E-state index is 9.83. The van der Waals surface area contributed by atoms with Crippen molar-refractivity contribution < 1.29 is 4.74 Å².